The van der Waals surface area contributed by atoms with Crippen molar-refractivity contribution in [3.8, 4) is 0 Å². The summed E-state index contributed by atoms with van der Waals surface area (Å²) in [6, 6.07) is 7.91. The number of benzene rings is 1. The van der Waals surface area contributed by atoms with Gasteiger partial charge in [-0.3, -0.25) is 0 Å². The van der Waals surface area contributed by atoms with Gasteiger partial charge in [0.2, 0.25) is 6.29 Å². The van der Waals surface area contributed by atoms with Crippen molar-refractivity contribution in [1.29, 1.82) is 0 Å². The standard InChI is InChI=1S/C24H30O3S/c1-16(7-12-21-17(2)6-5-13-24(21,3)4)15-28-19-10-8-18(9-11-19)20-14-22(25)27-23(20)26/h7-11,14,23,26H,5-6,12-13,15H2,1-4H3. The molecule has 0 bridgehead atoms. The number of esters is 1. The summed E-state index contributed by atoms with van der Waals surface area (Å²) in [5, 5.41) is 9.75. The molecule has 1 aliphatic carbocycles. The van der Waals surface area contributed by atoms with E-state index >= 15 is 0 Å². The first-order chi connectivity index (χ1) is 13.3. The van der Waals surface area contributed by atoms with E-state index in [4.69, 9.17) is 4.74 Å². The highest BCUT2D eigenvalue weighted by atomic mass is 32.2. The number of cyclic esters (lactones) is 1. The fraction of sp³-hybridized carbons (Fsp3) is 0.458. The van der Waals surface area contributed by atoms with Crippen LogP contribution in [0, 0.1) is 5.41 Å². The van der Waals surface area contributed by atoms with Crippen LogP contribution in [0.25, 0.3) is 5.57 Å². The third-order valence-corrected chi connectivity index (χ3v) is 6.97. The average Bonchev–Trinajstić information content (AvgIpc) is 2.97. The van der Waals surface area contributed by atoms with Crippen molar-refractivity contribution in [1.82, 2.24) is 0 Å². The predicted octanol–water partition coefficient (Wildman–Crippen LogP) is 5.90. The summed E-state index contributed by atoms with van der Waals surface area (Å²) in [6.07, 6.45) is 7.48. The van der Waals surface area contributed by atoms with Gasteiger partial charge in [0.1, 0.15) is 0 Å². The lowest BCUT2D eigenvalue weighted by molar-refractivity contribution is -0.149. The zero-order valence-corrected chi connectivity index (χ0v) is 18.1. The fourth-order valence-electron chi connectivity index (χ4n) is 4.03. The van der Waals surface area contributed by atoms with Crippen LogP contribution in [-0.4, -0.2) is 23.1 Å². The molecule has 1 N–H and O–H groups in total. The second kappa shape index (κ2) is 8.71. The first kappa shape index (κ1) is 20.9. The van der Waals surface area contributed by atoms with Crippen LogP contribution in [0.4, 0.5) is 0 Å². The van der Waals surface area contributed by atoms with Crippen molar-refractivity contribution in [2.75, 3.05) is 5.75 Å². The summed E-state index contributed by atoms with van der Waals surface area (Å²) in [7, 11) is 0. The van der Waals surface area contributed by atoms with Crippen molar-refractivity contribution in [2.45, 2.75) is 64.6 Å². The molecule has 28 heavy (non-hydrogen) atoms. The van der Waals surface area contributed by atoms with Crippen LogP contribution >= 0.6 is 11.8 Å². The molecule has 4 heteroatoms. The Hall–Kier alpha value is -1.78. The Kier molecular flexibility index (Phi) is 6.51. The van der Waals surface area contributed by atoms with Crippen LogP contribution in [0.15, 0.2) is 58.0 Å². The maximum atomic E-state index is 11.2. The van der Waals surface area contributed by atoms with Gasteiger partial charge in [-0.1, -0.05) is 48.8 Å². The molecule has 3 rings (SSSR count). The smallest absolute Gasteiger partial charge is 0.333 e. The quantitative estimate of drug-likeness (QED) is 0.368. The molecule has 1 aromatic rings. The van der Waals surface area contributed by atoms with Gasteiger partial charge in [0, 0.05) is 22.3 Å². The molecule has 1 atom stereocenters. The van der Waals surface area contributed by atoms with Gasteiger partial charge in [0.25, 0.3) is 0 Å². The van der Waals surface area contributed by atoms with E-state index in [0.29, 0.717) is 11.0 Å². The van der Waals surface area contributed by atoms with Gasteiger partial charge in [0.05, 0.1) is 0 Å². The summed E-state index contributed by atoms with van der Waals surface area (Å²) < 4.78 is 4.74. The predicted molar refractivity (Wildman–Crippen MR) is 116 cm³/mol. The van der Waals surface area contributed by atoms with Gasteiger partial charge in [-0.15, -0.1) is 11.8 Å². The Morgan fingerprint density at radius 2 is 2.04 bits per heavy atom. The SMILES string of the molecule is CC(=CCC1=C(C)CCCC1(C)C)CSc1ccc(C2=CC(=O)OC2O)cc1. The molecule has 0 amide bonds. The summed E-state index contributed by atoms with van der Waals surface area (Å²) in [4.78, 5) is 12.4. The number of ether oxygens (including phenoxy) is 1. The molecule has 0 saturated heterocycles. The number of hydrogen-bond acceptors (Lipinski definition) is 4. The number of carbonyl (C=O) groups is 1. The molecule has 150 valence electrons. The minimum absolute atomic E-state index is 0.326. The number of aliphatic hydroxyl groups excluding tert-OH is 1. The Bertz CT molecular complexity index is 828. The lowest BCUT2D eigenvalue weighted by Crippen LogP contribution is -2.20. The van der Waals surface area contributed by atoms with Crippen LogP contribution in [0.5, 0.6) is 0 Å². The molecule has 0 aromatic heterocycles. The molecule has 3 nitrogen and oxygen atoms in total. The molecule has 0 radical (unpaired) electrons. The molecule has 0 saturated carbocycles. The third kappa shape index (κ3) is 4.98. The summed E-state index contributed by atoms with van der Waals surface area (Å²) in [5.41, 5.74) is 6.26. The first-order valence-corrected chi connectivity index (χ1v) is 10.9. The van der Waals surface area contributed by atoms with Gasteiger partial charge < -0.3 is 9.84 Å². The number of aliphatic hydroxyl groups is 1. The van der Waals surface area contributed by atoms with E-state index in [1.54, 1.807) is 22.9 Å². The molecule has 2 aliphatic rings. The minimum Gasteiger partial charge on any atom is -0.428 e. The van der Waals surface area contributed by atoms with E-state index in [2.05, 4.69) is 33.8 Å². The normalized spacial score (nSPS) is 22.3. The Labute approximate surface area is 172 Å². The first-order valence-electron chi connectivity index (χ1n) is 9.94. The van der Waals surface area contributed by atoms with Crippen LogP contribution in [0.2, 0.25) is 0 Å². The van der Waals surface area contributed by atoms with Crippen molar-refractivity contribution >= 4 is 23.3 Å². The monoisotopic (exact) mass is 398 g/mol. The van der Waals surface area contributed by atoms with E-state index in [-0.39, 0.29) is 0 Å². The highest BCUT2D eigenvalue weighted by Crippen LogP contribution is 2.42. The van der Waals surface area contributed by atoms with E-state index in [1.165, 1.54) is 35.8 Å². The van der Waals surface area contributed by atoms with Gasteiger partial charge >= 0.3 is 5.97 Å². The lowest BCUT2D eigenvalue weighted by atomic mass is 9.71. The van der Waals surface area contributed by atoms with E-state index in [1.807, 2.05) is 24.3 Å². The number of allylic oxidation sites excluding steroid dienone is 3. The zero-order chi connectivity index (χ0) is 20.3. The molecule has 1 heterocycles. The highest BCUT2D eigenvalue weighted by molar-refractivity contribution is 7.99. The number of rotatable bonds is 6. The number of thioether (sulfide) groups is 1. The topological polar surface area (TPSA) is 46.5 Å². The fourth-order valence-corrected chi connectivity index (χ4v) is 4.87. The molecule has 1 aromatic carbocycles. The maximum absolute atomic E-state index is 11.2. The van der Waals surface area contributed by atoms with Crippen molar-refractivity contribution < 1.29 is 14.6 Å². The van der Waals surface area contributed by atoms with Gasteiger partial charge in [0.15, 0.2) is 0 Å². The number of hydrogen-bond donors (Lipinski definition) is 1. The van der Waals surface area contributed by atoms with Crippen LogP contribution in [-0.2, 0) is 9.53 Å². The Balaban J connectivity index is 1.57. The second-order valence-electron chi connectivity index (χ2n) is 8.45. The van der Waals surface area contributed by atoms with Crippen LogP contribution < -0.4 is 0 Å². The third-order valence-electron chi connectivity index (χ3n) is 5.76. The lowest BCUT2D eigenvalue weighted by Gasteiger charge is -2.34. The van der Waals surface area contributed by atoms with Crippen LogP contribution in [0.1, 0.15) is 58.9 Å². The van der Waals surface area contributed by atoms with Crippen molar-refractivity contribution in [3.63, 3.8) is 0 Å². The molecular weight excluding hydrogens is 368 g/mol. The Morgan fingerprint density at radius 1 is 1.32 bits per heavy atom. The van der Waals surface area contributed by atoms with E-state index in [9.17, 15) is 9.90 Å². The molecule has 0 spiro atoms. The number of carbonyl (C=O) groups excluding carboxylic acids is 1. The summed E-state index contributed by atoms with van der Waals surface area (Å²) in [5.74, 6) is 0.465. The molecule has 1 unspecified atom stereocenters. The zero-order valence-electron chi connectivity index (χ0n) is 17.2. The molecule has 1 aliphatic heterocycles. The van der Waals surface area contributed by atoms with Gasteiger partial charge in [-0.2, -0.15) is 0 Å². The highest BCUT2D eigenvalue weighted by Gasteiger charge is 2.27. The van der Waals surface area contributed by atoms with Crippen molar-refractivity contribution in [3.05, 3.63) is 58.7 Å². The van der Waals surface area contributed by atoms with Gasteiger partial charge in [-0.05, 0) is 62.6 Å². The van der Waals surface area contributed by atoms with Gasteiger partial charge in [-0.25, -0.2) is 4.79 Å². The van der Waals surface area contributed by atoms with E-state index in [0.717, 1.165) is 17.7 Å². The van der Waals surface area contributed by atoms with E-state index < -0.39 is 12.3 Å². The maximum Gasteiger partial charge on any atom is 0.333 e. The average molecular weight is 399 g/mol. The van der Waals surface area contributed by atoms with Crippen molar-refractivity contribution in [2.24, 2.45) is 5.41 Å². The minimum atomic E-state index is -1.15. The molecule has 0 fully saturated rings. The van der Waals surface area contributed by atoms with Crippen LogP contribution in [0.3, 0.4) is 0 Å². The largest absolute Gasteiger partial charge is 0.428 e. The Morgan fingerprint density at radius 3 is 2.64 bits per heavy atom. The molecular formula is C24H30O3S. The summed E-state index contributed by atoms with van der Waals surface area (Å²) in [6.45, 7) is 9.25. The second-order valence-corrected chi connectivity index (χ2v) is 9.50. The summed E-state index contributed by atoms with van der Waals surface area (Å²) >= 11 is 1.80.